The number of hydrogen-bond acceptors (Lipinski definition) is 4. The number of phenols is 1. The molecule has 0 aliphatic rings. The van der Waals surface area contributed by atoms with Crippen LogP contribution in [0.2, 0.25) is 0 Å². The summed E-state index contributed by atoms with van der Waals surface area (Å²) in [7, 11) is 0. The maximum absolute atomic E-state index is 12.6. The molecule has 0 fully saturated rings. The second-order valence-corrected chi connectivity index (χ2v) is 7.59. The van der Waals surface area contributed by atoms with Crippen LogP contribution in [0.15, 0.2) is 34.7 Å². The molecule has 0 atom stereocenters. The summed E-state index contributed by atoms with van der Waals surface area (Å²) in [5, 5.41) is 16.8. The minimum absolute atomic E-state index is 0.0428. The fourth-order valence-electron chi connectivity index (χ4n) is 2.56. The fraction of sp³-hybridized carbons (Fsp3) is 0.400. The van der Waals surface area contributed by atoms with E-state index in [1.165, 1.54) is 0 Å². The van der Waals surface area contributed by atoms with Crippen molar-refractivity contribution in [1.29, 1.82) is 0 Å². The van der Waals surface area contributed by atoms with Gasteiger partial charge in [-0.05, 0) is 46.9 Å². The van der Waals surface area contributed by atoms with Gasteiger partial charge in [-0.1, -0.05) is 46.8 Å². The van der Waals surface area contributed by atoms with Gasteiger partial charge in [0.05, 0.1) is 16.2 Å². The molecule has 0 aliphatic carbocycles. The Labute approximate surface area is 153 Å². The normalized spacial score (nSPS) is 12.0. The molecule has 2 rings (SSSR count). The monoisotopic (exact) mass is 358 g/mol. The number of nitrogens with one attached hydrogen (secondary N) is 1. The molecular formula is C20H26N2O2S. The highest BCUT2D eigenvalue weighted by molar-refractivity contribution is 7.12. The summed E-state index contributed by atoms with van der Waals surface area (Å²) in [6.07, 6.45) is 0.718. The number of phenolic OH excluding ortho intramolecular Hbond substituents is 1. The van der Waals surface area contributed by atoms with Crippen LogP contribution in [-0.2, 0) is 0 Å². The van der Waals surface area contributed by atoms with Crippen molar-refractivity contribution in [3.63, 3.8) is 0 Å². The van der Waals surface area contributed by atoms with Gasteiger partial charge in [0, 0.05) is 0 Å². The third kappa shape index (κ3) is 4.48. The third-order valence-electron chi connectivity index (χ3n) is 4.13. The fourth-order valence-corrected chi connectivity index (χ4v) is 3.34. The Morgan fingerprint density at radius 1 is 1.24 bits per heavy atom. The topological polar surface area (TPSA) is 61.7 Å². The molecule has 1 aromatic carbocycles. The van der Waals surface area contributed by atoms with Crippen LogP contribution in [0, 0.1) is 0 Å². The van der Waals surface area contributed by atoms with E-state index in [-0.39, 0.29) is 29.1 Å². The Morgan fingerprint density at radius 2 is 1.96 bits per heavy atom. The molecule has 134 valence electrons. The van der Waals surface area contributed by atoms with E-state index in [0.717, 1.165) is 28.1 Å². The van der Waals surface area contributed by atoms with Crippen LogP contribution < -0.4 is 5.43 Å². The smallest absolute Gasteiger partial charge is 0.275 e. The lowest BCUT2D eigenvalue weighted by Crippen LogP contribution is -2.20. The minimum Gasteiger partial charge on any atom is -0.507 e. The van der Waals surface area contributed by atoms with E-state index in [4.69, 9.17) is 0 Å². The van der Waals surface area contributed by atoms with Crippen LogP contribution in [-0.4, -0.2) is 16.7 Å². The zero-order valence-corrected chi connectivity index (χ0v) is 16.3. The van der Waals surface area contributed by atoms with Crippen molar-refractivity contribution >= 4 is 23.0 Å². The van der Waals surface area contributed by atoms with Gasteiger partial charge >= 0.3 is 0 Å². The van der Waals surface area contributed by atoms with E-state index in [9.17, 15) is 9.90 Å². The molecule has 0 saturated heterocycles. The number of benzene rings is 1. The van der Waals surface area contributed by atoms with Gasteiger partial charge in [0.1, 0.15) is 5.75 Å². The number of carbonyl (C=O) groups excluding carboxylic acids is 1. The molecule has 5 heteroatoms. The van der Waals surface area contributed by atoms with E-state index in [1.54, 1.807) is 17.4 Å². The lowest BCUT2D eigenvalue weighted by atomic mass is 9.92. The first-order chi connectivity index (χ1) is 11.8. The van der Waals surface area contributed by atoms with Gasteiger partial charge in [0.25, 0.3) is 5.91 Å². The average molecular weight is 359 g/mol. The second-order valence-electron chi connectivity index (χ2n) is 6.65. The zero-order valence-electron chi connectivity index (χ0n) is 15.5. The molecule has 0 saturated carbocycles. The highest BCUT2D eigenvalue weighted by Crippen LogP contribution is 2.33. The molecule has 25 heavy (non-hydrogen) atoms. The summed E-state index contributed by atoms with van der Waals surface area (Å²) < 4.78 is 0. The van der Waals surface area contributed by atoms with Gasteiger partial charge in [0.15, 0.2) is 0 Å². The highest BCUT2D eigenvalue weighted by atomic mass is 32.1. The maximum atomic E-state index is 12.6. The molecule has 0 radical (unpaired) electrons. The maximum Gasteiger partial charge on any atom is 0.275 e. The molecule has 4 nitrogen and oxygen atoms in total. The van der Waals surface area contributed by atoms with Crippen molar-refractivity contribution in [1.82, 2.24) is 5.43 Å². The minimum atomic E-state index is -0.385. The summed E-state index contributed by atoms with van der Waals surface area (Å²) in [6, 6.07) is 7.67. The molecule has 2 aromatic rings. The molecule has 0 spiro atoms. The molecule has 1 aromatic heterocycles. The first-order valence-corrected chi connectivity index (χ1v) is 9.50. The van der Waals surface area contributed by atoms with Crippen molar-refractivity contribution < 1.29 is 9.90 Å². The van der Waals surface area contributed by atoms with Crippen LogP contribution in [0.5, 0.6) is 5.75 Å². The number of amides is 1. The summed E-state index contributed by atoms with van der Waals surface area (Å²) in [6.45, 7) is 10.2. The summed E-state index contributed by atoms with van der Waals surface area (Å²) in [5.74, 6) is 0.0576. The lowest BCUT2D eigenvalue weighted by molar-refractivity contribution is 0.0952. The number of nitrogens with zero attached hydrogens (tertiary/aromatic N) is 1. The number of hydrazone groups is 1. The van der Waals surface area contributed by atoms with Crippen LogP contribution >= 0.6 is 11.3 Å². The third-order valence-corrected chi connectivity index (χ3v) is 5.05. The van der Waals surface area contributed by atoms with E-state index in [1.807, 2.05) is 44.4 Å². The Kier molecular flexibility index (Phi) is 6.37. The predicted molar refractivity (Wildman–Crippen MR) is 105 cm³/mol. The van der Waals surface area contributed by atoms with E-state index in [0.29, 0.717) is 0 Å². The molecule has 0 aliphatic heterocycles. The quantitative estimate of drug-likeness (QED) is 0.547. The number of carbonyl (C=O) groups is 1. The molecule has 1 amide bonds. The van der Waals surface area contributed by atoms with Crippen LogP contribution in [0.4, 0.5) is 0 Å². The molecular weight excluding hydrogens is 332 g/mol. The average Bonchev–Trinajstić information content (AvgIpc) is 3.09. The summed E-state index contributed by atoms with van der Waals surface area (Å²) in [4.78, 5) is 13.7. The standard InChI is InChI=1S/C20H26N2O2S/c1-6-17(18-8-7-9-25-18)21-22-20(24)16-11-14(12(2)3)10-15(13(4)5)19(16)23/h7-13,23H,6H2,1-5H3,(H,22,24). The van der Waals surface area contributed by atoms with Crippen molar-refractivity contribution in [3.05, 3.63) is 51.2 Å². The second kappa shape index (κ2) is 8.30. The zero-order chi connectivity index (χ0) is 18.6. The number of rotatable bonds is 6. The molecule has 0 bridgehead atoms. The number of aromatic hydroxyl groups is 1. The van der Waals surface area contributed by atoms with Gasteiger partial charge in [-0.3, -0.25) is 4.79 Å². The molecule has 1 heterocycles. The van der Waals surface area contributed by atoms with Crippen molar-refractivity contribution in [2.24, 2.45) is 5.10 Å². The van der Waals surface area contributed by atoms with Crippen molar-refractivity contribution in [2.75, 3.05) is 0 Å². The molecule has 2 N–H and O–H groups in total. The Balaban J connectivity index is 2.35. The number of thiophene rings is 1. The van der Waals surface area contributed by atoms with E-state index < -0.39 is 0 Å². The molecule has 0 unspecified atom stereocenters. The van der Waals surface area contributed by atoms with E-state index in [2.05, 4.69) is 24.4 Å². The van der Waals surface area contributed by atoms with Crippen molar-refractivity contribution in [3.8, 4) is 5.75 Å². The Hall–Kier alpha value is -2.14. The van der Waals surface area contributed by atoms with Gasteiger partial charge in [-0.25, -0.2) is 5.43 Å². The predicted octanol–water partition coefficient (Wildman–Crippen LogP) is 5.24. The summed E-state index contributed by atoms with van der Waals surface area (Å²) >= 11 is 1.59. The van der Waals surface area contributed by atoms with Crippen LogP contribution in [0.25, 0.3) is 0 Å². The summed E-state index contributed by atoms with van der Waals surface area (Å²) in [5.41, 5.74) is 5.53. The first-order valence-electron chi connectivity index (χ1n) is 8.62. The Morgan fingerprint density at radius 3 is 2.48 bits per heavy atom. The van der Waals surface area contributed by atoms with Crippen LogP contribution in [0.3, 0.4) is 0 Å². The first kappa shape index (κ1) is 19.2. The van der Waals surface area contributed by atoms with Crippen LogP contribution in [0.1, 0.15) is 79.2 Å². The Bertz CT molecular complexity index is 762. The van der Waals surface area contributed by atoms with Gasteiger partial charge < -0.3 is 5.11 Å². The van der Waals surface area contributed by atoms with Gasteiger partial charge in [0.2, 0.25) is 0 Å². The SMILES string of the molecule is CCC(=NNC(=O)c1cc(C(C)C)cc(C(C)C)c1O)c1cccs1. The largest absolute Gasteiger partial charge is 0.507 e. The van der Waals surface area contributed by atoms with E-state index >= 15 is 0 Å². The number of hydrogen-bond donors (Lipinski definition) is 2. The van der Waals surface area contributed by atoms with Crippen molar-refractivity contribution in [2.45, 2.75) is 52.9 Å². The lowest BCUT2D eigenvalue weighted by Gasteiger charge is -2.16. The van der Waals surface area contributed by atoms with Gasteiger partial charge in [-0.2, -0.15) is 5.10 Å². The van der Waals surface area contributed by atoms with Gasteiger partial charge in [-0.15, -0.1) is 11.3 Å². The highest BCUT2D eigenvalue weighted by Gasteiger charge is 2.19.